The van der Waals surface area contributed by atoms with Crippen molar-refractivity contribution in [2.24, 2.45) is 10.7 Å². The molecule has 0 fully saturated rings. The minimum atomic E-state index is -0.265. The van der Waals surface area contributed by atoms with Crippen molar-refractivity contribution in [2.75, 3.05) is 5.32 Å². The highest BCUT2D eigenvalue weighted by Crippen LogP contribution is 2.35. The molecule has 1 aliphatic rings. The smallest absolute Gasteiger partial charge is 0.212 e. The lowest BCUT2D eigenvalue weighted by atomic mass is 10.1. The van der Waals surface area contributed by atoms with Gasteiger partial charge in [-0.3, -0.25) is 9.88 Å². The molecule has 5 rings (SSSR count). The van der Waals surface area contributed by atoms with E-state index in [1.165, 1.54) is 0 Å². The van der Waals surface area contributed by atoms with Crippen LogP contribution in [0.25, 0.3) is 16.7 Å². The van der Waals surface area contributed by atoms with Crippen LogP contribution in [0.2, 0.25) is 0 Å². The lowest BCUT2D eigenvalue weighted by Gasteiger charge is -2.24. The highest BCUT2D eigenvalue weighted by molar-refractivity contribution is 9.10. The number of benzene rings is 2. The third-order valence-electron chi connectivity index (χ3n) is 5.17. The largest absolute Gasteiger partial charge is 0.370 e. The minimum absolute atomic E-state index is 0.265. The molecule has 28 heavy (non-hydrogen) atoms. The Bertz CT molecular complexity index is 1230. The van der Waals surface area contributed by atoms with Gasteiger partial charge in [0.1, 0.15) is 0 Å². The van der Waals surface area contributed by atoms with E-state index in [-0.39, 0.29) is 6.17 Å². The summed E-state index contributed by atoms with van der Waals surface area (Å²) in [6.07, 6.45) is -0.265. The Labute approximate surface area is 170 Å². The summed E-state index contributed by atoms with van der Waals surface area (Å²) in [4.78, 5) is 9.41. The number of anilines is 1. The highest BCUT2D eigenvalue weighted by Gasteiger charge is 2.28. The maximum absolute atomic E-state index is 6.10. The minimum Gasteiger partial charge on any atom is -0.370 e. The third-order valence-corrected chi connectivity index (χ3v) is 5.70. The average molecular weight is 435 g/mol. The summed E-state index contributed by atoms with van der Waals surface area (Å²) in [6, 6.07) is 18.6. The molecule has 0 spiro atoms. The summed E-state index contributed by atoms with van der Waals surface area (Å²) in [6.45, 7) is 4.23. The zero-order chi connectivity index (χ0) is 19.4. The Kier molecular flexibility index (Phi) is 3.80. The maximum atomic E-state index is 6.10. The van der Waals surface area contributed by atoms with Crippen LogP contribution in [0.1, 0.15) is 23.1 Å². The predicted molar refractivity (Wildman–Crippen MR) is 116 cm³/mol. The lowest BCUT2D eigenvalue weighted by molar-refractivity contribution is 0.621. The van der Waals surface area contributed by atoms with Crippen LogP contribution in [-0.2, 0) is 0 Å². The summed E-state index contributed by atoms with van der Waals surface area (Å²) in [5.74, 6) is 1.09. The summed E-state index contributed by atoms with van der Waals surface area (Å²) >= 11 is 3.51. The van der Waals surface area contributed by atoms with Gasteiger partial charge in [0, 0.05) is 27.1 Å². The van der Waals surface area contributed by atoms with Crippen molar-refractivity contribution in [3.8, 4) is 5.69 Å². The number of hydrogen-bond donors (Lipinski definition) is 2. The monoisotopic (exact) mass is 434 g/mol. The Morgan fingerprint density at radius 1 is 1.07 bits per heavy atom. The van der Waals surface area contributed by atoms with Crippen LogP contribution in [-0.4, -0.2) is 20.1 Å². The molecule has 3 heterocycles. The summed E-state index contributed by atoms with van der Waals surface area (Å²) in [7, 11) is 0. The number of aromatic nitrogens is 3. The van der Waals surface area contributed by atoms with E-state index in [0.717, 1.165) is 38.1 Å². The Hall–Kier alpha value is -3.06. The molecule has 1 atom stereocenters. The number of rotatable bonds is 2. The molecular weight excluding hydrogens is 416 g/mol. The quantitative estimate of drug-likeness (QED) is 0.487. The maximum Gasteiger partial charge on any atom is 0.212 e. The molecule has 0 bridgehead atoms. The first-order chi connectivity index (χ1) is 13.5. The van der Waals surface area contributed by atoms with Crippen molar-refractivity contribution in [3.05, 3.63) is 76.0 Å². The van der Waals surface area contributed by atoms with Gasteiger partial charge in [-0.25, -0.2) is 9.98 Å². The molecule has 7 heteroatoms. The summed E-state index contributed by atoms with van der Waals surface area (Å²) in [5.41, 5.74) is 12.5. The second-order valence-electron chi connectivity index (χ2n) is 6.95. The van der Waals surface area contributed by atoms with Crippen molar-refractivity contribution < 1.29 is 0 Å². The fourth-order valence-corrected chi connectivity index (χ4v) is 4.23. The van der Waals surface area contributed by atoms with Crippen LogP contribution in [0.5, 0.6) is 0 Å². The molecule has 0 aliphatic carbocycles. The van der Waals surface area contributed by atoms with Crippen LogP contribution in [0.3, 0.4) is 0 Å². The molecule has 0 radical (unpaired) electrons. The zero-order valence-electron chi connectivity index (χ0n) is 15.5. The first kappa shape index (κ1) is 17.1. The van der Waals surface area contributed by atoms with E-state index < -0.39 is 0 Å². The van der Waals surface area contributed by atoms with E-state index in [0.29, 0.717) is 11.9 Å². The van der Waals surface area contributed by atoms with E-state index in [2.05, 4.69) is 85.6 Å². The van der Waals surface area contributed by atoms with Gasteiger partial charge in [-0.05, 0) is 56.3 Å². The first-order valence-electron chi connectivity index (χ1n) is 9.05. The Balaban J connectivity index is 1.71. The number of nitrogens with one attached hydrogen (secondary N) is 1. The van der Waals surface area contributed by atoms with Crippen molar-refractivity contribution in [2.45, 2.75) is 20.0 Å². The van der Waals surface area contributed by atoms with Crippen molar-refractivity contribution in [1.29, 1.82) is 0 Å². The van der Waals surface area contributed by atoms with E-state index >= 15 is 0 Å². The van der Waals surface area contributed by atoms with Gasteiger partial charge in [-0.1, -0.05) is 28.1 Å². The van der Waals surface area contributed by atoms with Crippen LogP contribution in [0.15, 0.2) is 64.1 Å². The van der Waals surface area contributed by atoms with E-state index in [4.69, 9.17) is 10.7 Å². The van der Waals surface area contributed by atoms with Gasteiger partial charge < -0.3 is 10.3 Å². The fraction of sp³-hybridized carbons (Fsp3) is 0.143. The normalized spacial score (nSPS) is 16.0. The highest BCUT2D eigenvalue weighted by atomic mass is 79.9. The zero-order valence-corrected chi connectivity index (χ0v) is 17.1. The van der Waals surface area contributed by atoms with Crippen LogP contribution in [0, 0.1) is 13.8 Å². The van der Waals surface area contributed by atoms with Crippen molar-refractivity contribution >= 4 is 38.9 Å². The molecule has 140 valence electrons. The van der Waals surface area contributed by atoms with E-state index in [9.17, 15) is 0 Å². The standard InChI is InChI=1S/C21H19BrN6/c1-12-11-16(13(2)27(12)15-9-7-14(22)8-10-15)19-25-20(23)26-21-24-17-5-3-4-6-18(17)28(19)21/h3-11,19H,1-2H3,(H3,23,24,25,26)/t19-/m1/s1. The Morgan fingerprint density at radius 2 is 1.82 bits per heavy atom. The number of para-hydroxylation sites is 2. The van der Waals surface area contributed by atoms with Gasteiger partial charge in [0.15, 0.2) is 12.1 Å². The molecule has 2 aromatic carbocycles. The number of aliphatic imine (C=N–C) groups is 1. The van der Waals surface area contributed by atoms with Gasteiger partial charge in [-0.2, -0.15) is 0 Å². The number of imidazole rings is 1. The molecule has 2 aromatic heterocycles. The van der Waals surface area contributed by atoms with Gasteiger partial charge >= 0.3 is 0 Å². The van der Waals surface area contributed by atoms with Crippen LogP contribution in [0.4, 0.5) is 5.95 Å². The number of nitrogens with zero attached hydrogens (tertiary/aromatic N) is 4. The first-order valence-corrected chi connectivity index (χ1v) is 9.84. The second-order valence-corrected chi connectivity index (χ2v) is 7.86. The molecular formula is C21H19BrN6. The van der Waals surface area contributed by atoms with E-state index in [1.54, 1.807) is 0 Å². The average Bonchev–Trinajstić information content (AvgIpc) is 3.19. The molecule has 4 aromatic rings. The van der Waals surface area contributed by atoms with Gasteiger partial charge in [0.05, 0.1) is 11.0 Å². The summed E-state index contributed by atoms with van der Waals surface area (Å²) in [5, 5.41) is 3.10. The number of fused-ring (bicyclic) bond motifs is 3. The molecule has 0 saturated carbocycles. The number of guanidine groups is 1. The van der Waals surface area contributed by atoms with Crippen LogP contribution < -0.4 is 11.1 Å². The second kappa shape index (κ2) is 6.24. The molecule has 6 nitrogen and oxygen atoms in total. The molecule has 3 N–H and O–H groups in total. The third kappa shape index (κ3) is 2.54. The molecule has 0 saturated heterocycles. The van der Waals surface area contributed by atoms with Crippen molar-refractivity contribution in [1.82, 2.24) is 14.1 Å². The SMILES string of the molecule is Cc1cc([C@@H]2N=C(N)Nc3nc4ccccc4n32)c(C)n1-c1ccc(Br)cc1. The number of nitrogens with two attached hydrogens (primary N) is 1. The number of hydrogen-bond acceptors (Lipinski definition) is 4. The molecule has 1 aliphatic heterocycles. The fourth-order valence-electron chi connectivity index (χ4n) is 3.96. The van der Waals surface area contributed by atoms with Gasteiger partial charge in [-0.15, -0.1) is 0 Å². The Morgan fingerprint density at radius 3 is 2.61 bits per heavy atom. The predicted octanol–water partition coefficient (Wildman–Crippen LogP) is 4.49. The lowest BCUT2D eigenvalue weighted by Crippen LogP contribution is -2.31. The van der Waals surface area contributed by atoms with E-state index in [1.807, 2.05) is 18.2 Å². The number of aryl methyl sites for hydroxylation is 1. The summed E-state index contributed by atoms with van der Waals surface area (Å²) < 4.78 is 5.41. The molecule has 0 amide bonds. The number of halogens is 1. The van der Waals surface area contributed by atoms with Gasteiger partial charge in [0.2, 0.25) is 5.95 Å². The molecule has 0 unspecified atom stereocenters. The van der Waals surface area contributed by atoms with Gasteiger partial charge in [0.25, 0.3) is 0 Å². The topological polar surface area (TPSA) is 73.2 Å². The van der Waals surface area contributed by atoms with Crippen molar-refractivity contribution in [3.63, 3.8) is 0 Å². The van der Waals surface area contributed by atoms with Crippen LogP contribution >= 0.6 is 15.9 Å².